The Morgan fingerprint density at radius 3 is 2.58 bits per heavy atom. The summed E-state index contributed by atoms with van der Waals surface area (Å²) in [6.07, 6.45) is 4.03. The third-order valence-electron chi connectivity index (χ3n) is 4.77. The second-order valence-corrected chi connectivity index (χ2v) is 6.98. The van der Waals surface area contributed by atoms with Crippen LogP contribution in [0.4, 0.5) is 10.5 Å². The molecule has 0 bridgehead atoms. The topological polar surface area (TPSA) is 72.5 Å². The van der Waals surface area contributed by atoms with Gasteiger partial charge in [0.15, 0.2) is 11.5 Å². The van der Waals surface area contributed by atoms with Gasteiger partial charge in [-0.1, -0.05) is 0 Å². The van der Waals surface area contributed by atoms with Gasteiger partial charge in [0.2, 0.25) is 0 Å². The third kappa shape index (κ3) is 3.59. The normalized spacial score (nSPS) is 16.7. The number of pyridine rings is 1. The summed E-state index contributed by atoms with van der Waals surface area (Å²) in [5.74, 6) is 1.84. The van der Waals surface area contributed by atoms with E-state index in [0.29, 0.717) is 24.9 Å². The van der Waals surface area contributed by atoms with Gasteiger partial charge in [-0.2, -0.15) is 0 Å². The zero-order chi connectivity index (χ0) is 18.1. The molecule has 26 heavy (non-hydrogen) atoms. The Morgan fingerprint density at radius 2 is 1.88 bits per heavy atom. The van der Waals surface area contributed by atoms with Gasteiger partial charge in [-0.15, -0.1) is 0 Å². The Bertz CT molecular complexity index is 833. The second-order valence-electron chi connectivity index (χ2n) is 6.98. The van der Waals surface area contributed by atoms with Gasteiger partial charge in [0.05, 0.1) is 11.7 Å². The van der Waals surface area contributed by atoms with Crippen molar-refractivity contribution in [2.24, 2.45) is 5.92 Å². The summed E-state index contributed by atoms with van der Waals surface area (Å²) >= 11 is 0. The highest BCUT2D eigenvalue weighted by molar-refractivity contribution is 5.91. The van der Waals surface area contributed by atoms with Gasteiger partial charge in [0.1, 0.15) is 13.2 Å². The van der Waals surface area contributed by atoms with E-state index in [1.54, 1.807) is 6.20 Å². The van der Waals surface area contributed by atoms with Gasteiger partial charge >= 0.3 is 6.03 Å². The Kier molecular flexibility index (Phi) is 4.41. The molecule has 2 N–H and O–H groups in total. The fourth-order valence-electron chi connectivity index (χ4n) is 3.22. The minimum atomic E-state index is -0.231. The van der Waals surface area contributed by atoms with Crippen molar-refractivity contribution in [3.8, 4) is 11.5 Å². The fraction of sp³-hybridized carbons (Fsp3) is 0.400. The molecule has 2 aliphatic rings. The van der Waals surface area contributed by atoms with Gasteiger partial charge in [0, 0.05) is 18.0 Å². The molecule has 6 nitrogen and oxygen atoms in total. The molecule has 2 amide bonds. The third-order valence-corrected chi connectivity index (χ3v) is 4.77. The molecule has 136 valence electrons. The Morgan fingerprint density at radius 1 is 1.15 bits per heavy atom. The summed E-state index contributed by atoms with van der Waals surface area (Å²) in [4.78, 5) is 17.1. The number of hydrogen-bond acceptors (Lipinski definition) is 4. The van der Waals surface area contributed by atoms with Crippen LogP contribution in [0, 0.1) is 19.8 Å². The van der Waals surface area contributed by atoms with Crippen molar-refractivity contribution in [1.82, 2.24) is 10.3 Å². The quantitative estimate of drug-likeness (QED) is 0.878. The summed E-state index contributed by atoms with van der Waals surface area (Å²) in [5, 5.41) is 6.04. The van der Waals surface area contributed by atoms with Crippen LogP contribution >= 0.6 is 0 Å². The average molecular weight is 353 g/mol. The highest BCUT2D eigenvalue weighted by Crippen LogP contribution is 2.41. The number of carbonyl (C=O) groups excluding carboxylic acids is 1. The van der Waals surface area contributed by atoms with Crippen LogP contribution in [0.15, 0.2) is 30.5 Å². The smallest absolute Gasteiger partial charge is 0.319 e. The first-order valence-electron chi connectivity index (χ1n) is 9.00. The van der Waals surface area contributed by atoms with E-state index in [-0.39, 0.29) is 12.1 Å². The zero-order valence-electron chi connectivity index (χ0n) is 15.0. The molecule has 1 aromatic heterocycles. The first-order chi connectivity index (χ1) is 12.6. The Balaban J connectivity index is 1.49. The molecule has 4 rings (SSSR count). The number of benzene rings is 1. The van der Waals surface area contributed by atoms with Crippen LogP contribution in [-0.2, 0) is 0 Å². The second kappa shape index (κ2) is 6.86. The van der Waals surface area contributed by atoms with Crippen LogP contribution in [0.25, 0.3) is 0 Å². The molecule has 2 heterocycles. The molecule has 6 heteroatoms. The lowest BCUT2D eigenvalue weighted by atomic mass is 10.1. The molecule has 2 aromatic rings. The molecule has 0 saturated heterocycles. The number of nitrogens with zero attached hydrogens (tertiary/aromatic N) is 1. The Labute approximate surface area is 152 Å². The van der Waals surface area contributed by atoms with E-state index in [1.165, 1.54) is 0 Å². The molecule has 0 radical (unpaired) electrons. The summed E-state index contributed by atoms with van der Waals surface area (Å²) in [7, 11) is 0. The molecule has 1 aromatic carbocycles. The maximum atomic E-state index is 12.6. The van der Waals surface area contributed by atoms with E-state index in [1.807, 2.05) is 38.1 Å². The van der Waals surface area contributed by atoms with Gasteiger partial charge in [-0.25, -0.2) is 4.79 Å². The molecule has 1 aliphatic heterocycles. The molecule has 1 aliphatic carbocycles. The van der Waals surface area contributed by atoms with Crippen LogP contribution in [0.1, 0.15) is 35.7 Å². The molecule has 0 unspecified atom stereocenters. The van der Waals surface area contributed by atoms with Crippen molar-refractivity contribution in [1.29, 1.82) is 0 Å². The van der Waals surface area contributed by atoms with Crippen LogP contribution < -0.4 is 20.1 Å². The van der Waals surface area contributed by atoms with Gasteiger partial charge in [-0.3, -0.25) is 4.98 Å². The van der Waals surface area contributed by atoms with E-state index in [4.69, 9.17) is 9.47 Å². The summed E-state index contributed by atoms with van der Waals surface area (Å²) in [6.45, 7) is 5.04. The maximum absolute atomic E-state index is 12.6. The average Bonchev–Trinajstić information content (AvgIpc) is 3.45. The SMILES string of the molecule is Cc1ccnc([C@@H](NC(=O)Nc2cc3c(cc2C)OCCO3)C2CC2)c1. The fourth-order valence-corrected chi connectivity index (χ4v) is 3.22. The largest absolute Gasteiger partial charge is 0.486 e. The predicted molar refractivity (Wildman–Crippen MR) is 98.8 cm³/mol. The summed E-state index contributed by atoms with van der Waals surface area (Å²) in [5.41, 5.74) is 3.71. The lowest BCUT2D eigenvalue weighted by Gasteiger charge is -2.22. The number of aromatic nitrogens is 1. The lowest BCUT2D eigenvalue weighted by molar-refractivity contribution is 0.171. The number of rotatable bonds is 4. The molecule has 0 spiro atoms. The standard InChI is InChI=1S/C20H23N3O3/c1-12-5-6-21-16(9-12)19(14-3-4-14)23-20(24)22-15-11-18-17(10-13(15)2)25-7-8-26-18/h5-6,9-11,14,19H,3-4,7-8H2,1-2H3,(H2,22,23,24)/t19-/m0/s1. The van der Waals surface area contributed by atoms with Crippen molar-refractivity contribution >= 4 is 11.7 Å². The first-order valence-corrected chi connectivity index (χ1v) is 9.00. The molecular formula is C20H23N3O3. The number of anilines is 1. The Hall–Kier alpha value is -2.76. The number of nitrogens with one attached hydrogen (secondary N) is 2. The number of ether oxygens (including phenoxy) is 2. The number of fused-ring (bicyclic) bond motifs is 1. The number of urea groups is 1. The highest BCUT2D eigenvalue weighted by Gasteiger charge is 2.34. The van der Waals surface area contributed by atoms with Gasteiger partial charge in [0.25, 0.3) is 0 Å². The monoisotopic (exact) mass is 353 g/mol. The van der Waals surface area contributed by atoms with Gasteiger partial charge in [-0.05, 0) is 61.9 Å². The first kappa shape index (κ1) is 16.7. The van der Waals surface area contributed by atoms with Crippen molar-refractivity contribution < 1.29 is 14.3 Å². The zero-order valence-corrected chi connectivity index (χ0v) is 15.0. The summed E-state index contributed by atoms with van der Waals surface area (Å²) in [6, 6.07) is 7.42. The van der Waals surface area contributed by atoms with E-state index in [2.05, 4.69) is 15.6 Å². The van der Waals surface area contributed by atoms with E-state index in [9.17, 15) is 4.79 Å². The summed E-state index contributed by atoms with van der Waals surface area (Å²) < 4.78 is 11.2. The van der Waals surface area contributed by atoms with E-state index in [0.717, 1.165) is 41.1 Å². The minimum absolute atomic E-state index is 0.0626. The lowest BCUT2D eigenvalue weighted by Crippen LogP contribution is -2.34. The predicted octanol–water partition coefficient (Wildman–Crippen LogP) is 3.74. The van der Waals surface area contributed by atoms with Crippen molar-refractivity contribution in [2.45, 2.75) is 32.7 Å². The molecule has 1 fully saturated rings. The van der Waals surface area contributed by atoms with Gasteiger partial charge < -0.3 is 20.1 Å². The van der Waals surface area contributed by atoms with Crippen molar-refractivity contribution in [3.05, 3.63) is 47.3 Å². The van der Waals surface area contributed by atoms with Crippen LogP contribution in [0.5, 0.6) is 11.5 Å². The molecular weight excluding hydrogens is 330 g/mol. The molecule has 1 atom stereocenters. The van der Waals surface area contributed by atoms with Crippen molar-refractivity contribution in [2.75, 3.05) is 18.5 Å². The minimum Gasteiger partial charge on any atom is -0.486 e. The van der Waals surface area contributed by atoms with Crippen LogP contribution in [0.2, 0.25) is 0 Å². The van der Waals surface area contributed by atoms with Crippen LogP contribution in [-0.4, -0.2) is 24.2 Å². The number of hydrogen-bond donors (Lipinski definition) is 2. The maximum Gasteiger partial charge on any atom is 0.319 e. The van der Waals surface area contributed by atoms with E-state index < -0.39 is 0 Å². The van der Waals surface area contributed by atoms with Crippen LogP contribution in [0.3, 0.4) is 0 Å². The number of aryl methyl sites for hydroxylation is 2. The molecule has 1 saturated carbocycles. The highest BCUT2D eigenvalue weighted by atomic mass is 16.6. The number of carbonyl (C=O) groups is 1. The van der Waals surface area contributed by atoms with E-state index >= 15 is 0 Å². The number of amides is 2. The van der Waals surface area contributed by atoms with Crippen molar-refractivity contribution in [3.63, 3.8) is 0 Å².